The Morgan fingerprint density at radius 1 is 1.62 bits per heavy atom. The lowest BCUT2D eigenvalue weighted by Crippen LogP contribution is -2.25. The highest BCUT2D eigenvalue weighted by Gasteiger charge is 1.98. The van der Waals surface area contributed by atoms with Crippen LogP contribution in [0.4, 0.5) is 0 Å². The highest BCUT2D eigenvalue weighted by atomic mass is 16.7. The summed E-state index contributed by atoms with van der Waals surface area (Å²) in [5, 5.41) is 0. The molecule has 1 rings (SSSR count). The molecule has 0 saturated carbocycles. The Labute approximate surface area is 48.4 Å². The van der Waals surface area contributed by atoms with E-state index in [1.807, 2.05) is 24.9 Å². The number of rotatable bonds is 1. The van der Waals surface area contributed by atoms with Gasteiger partial charge in [0.2, 0.25) is 0 Å². The Kier molecular flexibility index (Phi) is 1.04. The minimum Gasteiger partial charge on any atom is -0.402 e. The standard InChI is InChI=1S/C5H10N2O/c1-5-4-7(8-3)6(5)2/h4H,1-3H3. The number of aryl methyl sites for hydroxylation is 1. The zero-order valence-corrected chi connectivity index (χ0v) is 5.38. The van der Waals surface area contributed by atoms with E-state index in [0.717, 1.165) is 0 Å². The second-order valence-electron chi connectivity index (χ2n) is 1.78. The summed E-state index contributed by atoms with van der Waals surface area (Å²) in [5.74, 6) is 0. The van der Waals surface area contributed by atoms with Crippen LogP contribution < -0.4 is 4.84 Å². The molecule has 3 heteroatoms. The van der Waals surface area contributed by atoms with Gasteiger partial charge < -0.3 is 4.84 Å². The molecule has 0 spiro atoms. The topological polar surface area (TPSA) is 19.1 Å². The molecule has 0 unspecified atom stereocenters. The second-order valence-corrected chi connectivity index (χ2v) is 1.78. The van der Waals surface area contributed by atoms with Crippen molar-refractivity contribution in [3.63, 3.8) is 0 Å². The van der Waals surface area contributed by atoms with E-state index in [9.17, 15) is 0 Å². The molecule has 0 radical (unpaired) electrons. The van der Waals surface area contributed by atoms with Crippen LogP contribution in [0.3, 0.4) is 0 Å². The summed E-state index contributed by atoms with van der Waals surface area (Å²) < 4.78 is 1.92. The maximum Gasteiger partial charge on any atom is 0.106 e. The Morgan fingerprint density at radius 3 is 2.38 bits per heavy atom. The Balaban J connectivity index is 2.76. The average molecular weight is 114 g/mol. The van der Waals surface area contributed by atoms with Crippen molar-refractivity contribution in [2.45, 2.75) is 6.92 Å². The summed E-state index contributed by atoms with van der Waals surface area (Å²) >= 11 is 0. The molecule has 0 N–H and O–H groups in total. The first-order chi connectivity index (χ1) is 3.75. The molecule has 46 valence electrons. The Bertz CT molecular complexity index is 175. The van der Waals surface area contributed by atoms with Crippen molar-refractivity contribution in [1.29, 1.82) is 0 Å². The zero-order valence-electron chi connectivity index (χ0n) is 5.38. The third-order valence-electron chi connectivity index (χ3n) is 1.29. The highest BCUT2D eigenvalue weighted by molar-refractivity contribution is 4.93. The molecule has 3 nitrogen and oxygen atoms in total. The monoisotopic (exact) mass is 114 g/mol. The van der Waals surface area contributed by atoms with Crippen LogP contribution in [0.2, 0.25) is 0 Å². The van der Waals surface area contributed by atoms with Gasteiger partial charge in [-0.3, -0.25) is 4.68 Å². The van der Waals surface area contributed by atoms with Crippen LogP contribution in [-0.4, -0.2) is 16.6 Å². The van der Waals surface area contributed by atoms with Crippen molar-refractivity contribution in [3.8, 4) is 0 Å². The van der Waals surface area contributed by atoms with E-state index < -0.39 is 0 Å². The molecular weight excluding hydrogens is 104 g/mol. The van der Waals surface area contributed by atoms with E-state index in [1.54, 1.807) is 12.0 Å². The van der Waals surface area contributed by atoms with Crippen molar-refractivity contribution in [3.05, 3.63) is 11.9 Å². The van der Waals surface area contributed by atoms with Crippen LogP contribution in [0.25, 0.3) is 0 Å². The van der Waals surface area contributed by atoms with Gasteiger partial charge in [0.15, 0.2) is 0 Å². The van der Waals surface area contributed by atoms with Crippen molar-refractivity contribution in [1.82, 2.24) is 9.53 Å². The van der Waals surface area contributed by atoms with Crippen LogP contribution in [-0.2, 0) is 7.05 Å². The second kappa shape index (κ2) is 1.58. The van der Waals surface area contributed by atoms with Gasteiger partial charge in [-0.2, -0.15) is 0 Å². The molecule has 0 atom stereocenters. The molecule has 0 aromatic carbocycles. The number of nitrogens with zero attached hydrogens (tertiary/aromatic N) is 2. The summed E-state index contributed by atoms with van der Waals surface area (Å²) in [6, 6.07) is 0. The van der Waals surface area contributed by atoms with E-state index in [2.05, 4.69) is 0 Å². The molecule has 0 bridgehead atoms. The third-order valence-corrected chi connectivity index (χ3v) is 1.29. The van der Waals surface area contributed by atoms with Gasteiger partial charge in [-0.15, -0.1) is 4.85 Å². The average Bonchev–Trinajstić information content (AvgIpc) is 1.81. The maximum atomic E-state index is 4.85. The summed E-state index contributed by atoms with van der Waals surface area (Å²) in [4.78, 5) is 6.51. The fourth-order valence-electron chi connectivity index (χ4n) is 0.605. The SMILES string of the molecule is COn1cc(C)n1C. The number of hydrogen-bond donors (Lipinski definition) is 0. The lowest BCUT2D eigenvalue weighted by Gasteiger charge is -2.18. The quantitative estimate of drug-likeness (QED) is 0.510. The molecule has 0 aliphatic carbocycles. The number of aromatic nitrogens is 2. The van der Waals surface area contributed by atoms with Crippen LogP contribution in [0.5, 0.6) is 0 Å². The number of hydrogen-bond acceptors (Lipinski definition) is 1. The van der Waals surface area contributed by atoms with Gasteiger partial charge in [0.1, 0.15) is 7.11 Å². The molecular formula is C5H10N2O. The van der Waals surface area contributed by atoms with Crippen LogP contribution >= 0.6 is 0 Å². The fraction of sp³-hybridized carbons (Fsp3) is 0.600. The third kappa shape index (κ3) is 0.510. The van der Waals surface area contributed by atoms with Gasteiger partial charge in [0.05, 0.1) is 11.9 Å². The van der Waals surface area contributed by atoms with Gasteiger partial charge in [0, 0.05) is 7.05 Å². The predicted octanol–water partition coefficient (Wildman–Crippen LogP) is 0.193. The van der Waals surface area contributed by atoms with E-state index >= 15 is 0 Å². The molecule has 0 aliphatic heterocycles. The van der Waals surface area contributed by atoms with Gasteiger partial charge in [-0.1, -0.05) is 0 Å². The van der Waals surface area contributed by atoms with E-state index in [4.69, 9.17) is 4.84 Å². The minimum atomic E-state index is 1.21. The van der Waals surface area contributed by atoms with Gasteiger partial charge in [0.25, 0.3) is 0 Å². The molecule has 8 heavy (non-hydrogen) atoms. The highest BCUT2D eigenvalue weighted by Crippen LogP contribution is 1.96. The first kappa shape index (κ1) is 5.28. The first-order valence-corrected chi connectivity index (χ1v) is 2.51. The van der Waals surface area contributed by atoms with E-state index in [0.29, 0.717) is 0 Å². The molecule has 1 heterocycles. The van der Waals surface area contributed by atoms with Crippen molar-refractivity contribution in [2.24, 2.45) is 7.05 Å². The van der Waals surface area contributed by atoms with Gasteiger partial charge in [-0.05, 0) is 6.92 Å². The smallest absolute Gasteiger partial charge is 0.106 e. The van der Waals surface area contributed by atoms with Crippen molar-refractivity contribution < 1.29 is 4.84 Å². The Morgan fingerprint density at radius 2 is 2.25 bits per heavy atom. The first-order valence-electron chi connectivity index (χ1n) is 2.51. The summed E-state index contributed by atoms with van der Waals surface area (Å²) in [6.07, 6.45) is 1.92. The van der Waals surface area contributed by atoms with E-state index in [-0.39, 0.29) is 0 Å². The maximum absolute atomic E-state index is 4.85. The minimum absolute atomic E-state index is 1.21. The largest absolute Gasteiger partial charge is 0.402 e. The van der Waals surface area contributed by atoms with E-state index in [1.165, 1.54) is 5.69 Å². The molecule has 0 aliphatic rings. The van der Waals surface area contributed by atoms with Crippen LogP contribution in [0, 0.1) is 6.92 Å². The molecule has 1 aromatic heterocycles. The summed E-state index contributed by atoms with van der Waals surface area (Å²) in [6.45, 7) is 2.02. The molecule has 1 aromatic rings. The normalized spacial score (nSPS) is 9.88. The molecule has 0 fully saturated rings. The van der Waals surface area contributed by atoms with Gasteiger partial charge in [-0.25, -0.2) is 0 Å². The summed E-state index contributed by atoms with van der Waals surface area (Å²) in [5.41, 5.74) is 1.21. The molecule has 0 saturated heterocycles. The fourth-order valence-corrected chi connectivity index (χ4v) is 0.605. The van der Waals surface area contributed by atoms with Crippen LogP contribution in [0.15, 0.2) is 6.20 Å². The van der Waals surface area contributed by atoms with Crippen molar-refractivity contribution >= 4 is 0 Å². The van der Waals surface area contributed by atoms with Gasteiger partial charge >= 0.3 is 0 Å². The summed E-state index contributed by atoms with van der Waals surface area (Å²) in [7, 11) is 3.58. The lowest BCUT2D eigenvalue weighted by atomic mass is 10.5. The molecule has 0 amide bonds. The van der Waals surface area contributed by atoms with Crippen LogP contribution in [0.1, 0.15) is 5.69 Å². The predicted molar refractivity (Wildman–Crippen MR) is 30.6 cm³/mol. The lowest BCUT2D eigenvalue weighted by molar-refractivity contribution is 0.0815. The van der Waals surface area contributed by atoms with Crippen molar-refractivity contribution in [2.75, 3.05) is 7.11 Å². The Hall–Kier alpha value is -0.860. The zero-order chi connectivity index (χ0) is 6.15.